The average molecular weight is 576 g/mol. The van der Waals surface area contributed by atoms with Crippen molar-refractivity contribution in [2.24, 2.45) is 0 Å². The largest absolute Gasteiger partial charge is 0.455 e. The second-order valence-electron chi connectivity index (χ2n) is 10.6. The van der Waals surface area contributed by atoms with E-state index in [1.807, 2.05) is 29.5 Å². The second kappa shape index (κ2) is 9.09. The zero-order valence-corrected chi connectivity index (χ0v) is 23.9. The van der Waals surface area contributed by atoms with Crippen molar-refractivity contribution < 1.29 is 4.42 Å². The first kappa shape index (κ1) is 23.8. The van der Waals surface area contributed by atoms with Crippen LogP contribution in [0.5, 0.6) is 0 Å². The first-order valence-corrected chi connectivity index (χ1v) is 15.2. The van der Waals surface area contributed by atoms with Gasteiger partial charge in [-0.25, -0.2) is 0 Å². The minimum atomic E-state index is 0.697. The van der Waals surface area contributed by atoms with Crippen LogP contribution in [-0.4, -0.2) is 0 Å². The van der Waals surface area contributed by atoms with E-state index in [9.17, 15) is 0 Å². The number of halogens is 1. The Morgan fingerprint density at radius 3 is 2.10 bits per heavy atom. The molecule has 0 saturated heterocycles. The van der Waals surface area contributed by atoms with Gasteiger partial charge in [-0.1, -0.05) is 96.5 Å². The molecule has 0 N–H and O–H groups in total. The molecular formula is C38H22ClNOS. The predicted octanol–water partition coefficient (Wildman–Crippen LogP) is 12.4. The van der Waals surface area contributed by atoms with Crippen molar-refractivity contribution in [2.75, 3.05) is 4.90 Å². The highest BCUT2D eigenvalue weighted by atomic mass is 35.5. The summed E-state index contributed by atoms with van der Waals surface area (Å²) in [4.78, 5) is 2.36. The van der Waals surface area contributed by atoms with Gasteiger partial charge >= 0.3 is 0 Å². The fraction of sp³-hybridized carbons (Fsp3) is 0. The second-order valence-corrected chi connectivity index (χ2v) is 12.1. The van der Waals surface area contributed by atoms with Gasteiger partial charge in [-0.3, -0.25) is 0 Å². The Balaban J connectivity index is 1.37. The van der Waals surface area contributed by atoms with Gasteiger partial charge in [-0.05, 0) is 59.3 Å². The minimum Gasteiger partial charge on any atom is -0.455 e. The molecule has 0 aliphatic carbocycles. The van der Waals surface area contributed by atoms with E-state index < -0.39 is 0 Å². The number of nitrogens with zero attached hydrogens (tertiary/aromatic N) is 1. The van der Waals surface area contributed by atoms with Crippen molar-refractivity contribution in [3.8, 4) is 0 Å². The maximum Gasteiger partial charge on any atom is 0.144 e. The minimum absolute atomic E-state index is 0.697. The van der Waals surface area contributed by atoms with Gasteiger partial charge in [0, 0.05) is 53.1 Å². The number of furan rings is 1. The fourth-order valence-corrected chi connectivity index (χ4v) is 7.91. The number of rotatable bonds is 3. The molecule has 0 saturated carbocycles. The van der Waals surface area contributed by atoms with Crippen LogP contribution in [-0.2, 0) is 0 Å². The Bertz CT molecular complexity index is 2490. The molecular weight excluding hydrogens is 554 g/mol. The van der Waals surface area contributed by atoms with Gasteiger partial charge in [-0.2, -0.15) is 0 Å². The molecule has 2 nitrogen and oxygen atoms in total. The van der Waals surface area contributed by atoms with E-state index in [1.54, 1.807) is 0 Å². The Morgan fingerprint density at radius 2 is 1.24 bits per heavy atom. The summed E-state index contributed by atoms with van der Waals surface area (Å²) in [6, 6.07) is 47.1. The first-order chi connectivity index (χ1) is 20.7. The Morgan fingerprint density at radius 1 is 0.524 bits per heavy atom. The summed E-state index contributed by atoms with van der Waals surface area (Å²) in [5, 5.41) is 9.88. The lowest BCUT2D eigenvalue weighted by Crippen LogP contribution is -2.10. The summed E-state index contributed by atoms with van der Waals surface area (Å²) in [7, 11) is 0. The summed E-state index contributed by atoms with van der Waals surface area (Å²) in [6.45, 7) is 0. The van der Waals surface area contributed by atoms with E-state index in [0.717, 1.165) is 49.8 Å². The van der Waals surface area contributed by atoms with Crippen LogP contribution in [0.1, 0.15) is 0 Å². The molecule has 42 heavy (non-hydrogen) atoms. The number of hydrogen-bond donors (Lipinski definition) is 0. The van der Waals surface area contributed by atoms with Gasteiger partial charge < -0.3 is 9.32 Å². The van der Waals surface area contributed by atoms with E-state index >= 15 is 0 Å². The highest BCUT2D eigenvalue weighted by Crippen LogP contribution is 2.47. The van der Waals surface area contributed by atoms with E-state index in [-0.39, 0.29) is 0 Å². The molecule has 198 valence electrons. The van der Waals surface area contributed by atoms with Gasteiger partial charge in [-0.15, -0.1) is 11.3 Å². The van der Waals surface area contributed by atoms with Crippen molar-refractivity contribution in [3.05, 3.63) is 138 Å². The molecule has 2 aromatic heterocycles. The monoisotopic (exact) mass is 575 g/mol. The molecule has 0 aliphatic heterocycles. The lowest BCUT2D eigenvalue weighted by atomic mass is 10.0. The van der Waals surface area contributed by atoms with Gasteiger partial charge in [0.15, 0.2) is 0 Å². The fourth-order valence-electron chi connectivity index (χ4n) is 6.45. The predicted molar refractivity (Wildman–Crippen MR) is 181 cm³/mol. The number of para-hydroxylation sites is 1. The molecule has 0 radical (unpaired) electrons. The third kappa shape index (κ3) is 3.45. The van der Waals surface area contributed by atoms with Crippen LogP contribution < -0.4 is 4.90 Å². The Labute approximate surface area is 250 Å². The van der Waals surface area contributed by atoms with Crippen LogP contribution in [0.3, 0.4) is 0 Å². The third-order valence-electron chi connectivity index (χ3n) is 8.27. The van der Waals surface area contributed by atoms with Gasteiger partial charge in [0.1, 0.15) is 11.2 Å². The normalized spacial score (nSPS) is 11.9. The van der Waals surface area contributed by atoms with Crippen molar-refractivity contribution in [3.63, 3.8) is 0 Å². The summed E-state index contributed by atoms with van der Waals surface area (Å²) >= 11 is 8.78. The van der Waals surface area contributed by atoms with Crippen LogP contribution in [0.25, 0.3) is 63.7 Å². The maximum atomic E-state index is 6.93. The zero-order valence-electron chi connectivity index (χ0n) is 22.3. The van der Waals surface area contributed by atoms with Crippen molar-refractivity contribution in [1.29, 1.82) is 0 Å². The number of anilines is 3. The van der Waals surface area contributed by atoms with Crippen LogP contribution in [0, 0.1) is 0 Å². The number of fused-ring (bicyclic) bond motifs is 10. The number of hydrogen-bond acceptors (Lipinski definition) is 3. The molecule has 0 aliphatic rings. The molecule has 0 bridgehead atoms. The van der Waals surface area contributed by atoms with Gasteiger partial charge in [0.25, 0.3) is 0 Å². The van der Waals surface area contributed by atoms with Crippen molar-refractivity contribution in [1.82, 2.24) is 0 Å². The summed E-state index contributed by atoms with van der Waals surface area (Å²) < 4.78 is 9.03. The molecule has 0 fully saturated rings. The Kier molecular flexibility index (Phi) is 5.16. The summed E-state index contributed by atoms with van der Waals surface area (Å²) in [5.41, 5.74) is 4.93. The summed E-state index contributed by atoms with van der Waals surface area (Å²) in [6.07, 6.45) is 0. The van der Waals surface area contributed by atoms with Crippen LogP contribution in [0.15, 0.2) is 138 Å². The molecule has 9 aromatic rings. The zero-order chi connectivity index (χ0) is 27.8. The first-order valence-electron chi connectivity index (χ1n) is 14.0. The van der Waals surface area contributed by atoms with Crippen LogP contribution >= 0.6 is 22.9 Å². The highest BCUT2D eigenvalue weighted by Gasteiger charge is 2.21. The lowest BCUT2D eigenvalue weighted by Gasteiger charge is -2.27. The van der Waals surface area contributed by atoms with E-state index in [4.69, 9.17) is 16.0 Å². The summed E-state index contributed by atoms with van der Waals surface area (Å²) in [5.74, 6) is 0. The third-order valence-corrected chi connectivity index (χ3v) is 9.69. The average Bonchev–Trinajstić information content (AvgIpc) is 3.61. The molecule has 4 heteroatoms. The van der Waals surface area contributed by atoms with Crippen LogP contribution in [0.4, 0.5) is 17.1 Å². The quantitative estimate of drug-likeness (QED) is 0.208. The van der Waals surface area contributed by atoms with Gasteiger partial charge in [0.2, 0.25) is 0 Å². The van der Waals surface area contributed by atoms with Crippen LogP contribution in [0.2, 0.25) is 5.02 Å². The van der Waals surface area contributed by atoms with Crippen molar-refractivity contribution >= 4 is 104 Å². The Hall–Kier alpha value is -4.83. The smallest absolute Gasteiger partial charge is 0.144 e. The SMILES string of the molecule is Clc1cc2ccccc2c2oc3ccc(N(c4ccccc4)c4cc5sc6ccccc6c5c5ccccc45)cc3c12. The molecule has 7 aromatic carbocycles. The molecule has 9 rings (SSSR count). The standard InChI is InChI=1S/C38H22ClNOS/c39-31-20-23-10-4-5-13-26(23)38-37(31)30-21-25(18-19-33(30)41-38)40(24-11-2-1-3-12-24)32-22-35-36(28-15-7-6-14-27(28)32)29-16-8-9-17-34(29)42-35/h1-22H. The topological polar surface area (TPSA) is 16.4 Å². The molecule has 0 spiro atoms. The van der Waals surface area contributed by atoms with Crippen molar-refractivity contribution in [2.45, 2.75) is 0 Å². The molecule has 2 heterocycles. The van der Waals surface area contributed by atoms with E-state index in [2.05, 4.69) is 120 Å². The molecule has 0 unspecified atom stereocenters. The number of benzene rings is 7. The molecule has 0 amide bonds. The highest BCUT2D eigenvalue weighted by molar-refractivity contribution is 7.26. The molecule has 0 atom stereocenters. The number of thiophene rings is 1. The van der Waals surface area contributed by atoms with E-state index in [0.29, 0.717) is 5.02 Å². The van der Waals surface area contributed by atoms with Gasteiger partial charge in [0.05, 0.1) is 10.7 Å². The van der Waals surface area contributed by atoms with E-state index in [1.165, 1.54) is 30.9 Å². The lowest BCUT2D eigenvalue weighted by molar-refractivity contribution is 0.672. The maximum absolute atomic E-state index is 6.93.